The Morgan fingerprint density at radius 3 is 2.33 bits per heavy atom. The molecule has 0 aliphatic heterocycles. The van der Waals surface area contributed by atoms with Gasteiger partial charge >= 0.3 is 5.63 Å². The molecule has 3 aromatic rings. The van der Waals surface area contributed by atoms with Crippen LogP contribution in [-0.2, 0) is 0 Å². The Labute approximate surface area is 124 Å². The fourth-order valence-corrected chi connectivity index (χ4v) is 2.01. The minimum Gasteiger partial charge on any atom is -0.480 e. The minimum atomic E-state index is -0.746. The molecule has 0 aliphatic carbocycles. The molecule has 104 valence electrons. The van der Waals surface area contributed by atoms with Gasteiger partial charge in [-0.05, 0) is 30.3 Å². The zero-order valence-electron chi connectivity index (χ0n) is 10.7. The Kier molecular flexibility index (Phi) is 3.41. The van der Waals surface area contributed by atoms with Crippen LogP contribution in [0.2, 0.25) is 5.02 Å². The zero-order valence-corrected chi connectivity index (χ0v) is 11.4. The molecule has 21 heavy (non-hydrogen) atoms. The van der Waals surface area contributed by atoms with Gasteiger partial charge in [0.05, 0.1) is 11.1 Å². The van der Waals surface area contributed by atoms with Crippen LogP contribution in [0.1, 0.15) is 0 Å². The first-order valence-electron chi connectivity index (χ1n) is 6.07. The fraction of sp³-hybridized carbons (Fsp3) is 0. The first kappa shape index (κ1) is 13.3. The lowest BCUT2D eigenvalue weighted by molar-refractivity contribution is 0.318. The molecule has 0 bridgehead atoms. The molecule has 0 radical (unpaired) electrons. The molecular formula is C15H9ClN2O3. The SMILES string of the molecule is O=c1oc(O)c2ccccc2c1N=Nc1ccc(Cl)cc1. The number of nitrogens with zero attached hydrogens (tertiary/aromatic N) is 2. The van der Waals surface area contributed by atoms with Gasteiger partial charge in [0.1, 0.15) is 0 Å². The van der Waals surface area contributed by atoms with E-state index in [1.54, 1.807) is 48.5 Å². The second-order valence-electron chi connectivity index (χ2n) is 4.27. The summed E-state index contributed by atoms with van der Waals surface area (Å²) in [6.07, 6.45) is 0. The third kappa shape index (κ3) is 2.64. The predicted octanol–water partition coefficient (Wildman–Crippen LogP) is 4.57. The van der Waals surface area contributed by atoms with Crippen molar-refractivity contribution >= 4 is 33.7 Å². The van der Waals surface area contributed by atoms with Gasteiger partial charge in [-0.2, -0.15) is 5.11 Å². The van der Waals surface area contributed by atoms with Gasteiger partial charge in [0, 0.05) is 10.4 Å². The van der Waals surface area contributed by atoms with Gasteiger partial charge in [0.25, 0.3) is 5.95 Å². The number of hydrogen-bond acceptors (Lipinski definition) is 5. The van der Waals surface area contributed by atoms with E-state index in [0.29, 0.717) is 21.5 Å². The maximum absolute atomic E-state index is 11.8. The van der Waals surface area contributed by atoms with Crippen LogP contribution in [0, 0.1) is 0 Å². The van der Waals surface area contributed by atoms with E-state index in [4.69, 9.17) is 16.0 Å². The van der Waals surface area contributed by atoms with Crippen molar-refractivity contribution in [3.8, 4) is 5.95 Å². The molecule has 2 aromatic carbocycles. The number of rotatable bonds is 2. The van der Waals surface area contributed by atoms with Crippen LogP contribution in [0.5, 0.6) is 5.95 Å². The van der Waals surface area contributed by atoms with E-state index in [1.165, 1.54) is 0 Å². The number of fused-ring (bicyclic) bond motifs is 1. The third-order valence-electron chi connectivity index (χ3n) is 2.89. The number of aromatic hydroxyl groups is 1. The average molecular weight is 301 g/mol. The van der Waals surface area contributed by atoms with Gasteiger partial charge in [-0.15, -0.1) is 5.11 Å². The fourth-order valence-electron chi connectivity index (χ4n) is 1.89. The van der Waals surface area contributed by atoms with Crippen molar-refractivity contribution in [1.29, 1.82) is 0 Å². The summed E-state index contributed by atoms with van der Waals surface area (Å²) < 4.78 is 4.75. The molecule has 1 aromatic heterocycles. The molecule has 0 aliphatic rings. The standard InChI is InChI=1S/C15H9ClN2O3/c16-9-5-7-10(8-6-9)17-18-13-11-3-1-2-4-12(11)14(19)21-15(13)20/h1-8,19H. The van der Waals surface area contributed by atoms with E-state index in [2.05, 4.69) is 10.2 Å². The summed E-state index contributed by atoms with van der Waals surface area (Å²) >= 11 is 5.78. The highest BCUT2D eigenvalue weighted by atomic mass is 35.5. The molecule has 6 heteroatoms. The summed E-state index contributed by atoms with van der Waals surface area (Å²) in [7, 11) is 0. The van der Waals surface area contributed by atoms with Crippen LogP contribution < -0.4 is 5.63 Å². The van der Waals surface area contributed by atoms with Crippen molar-refractivity contribution in [2.45, 2.75) is 0 Å². The Hall–Kier alpha value is -2.66. The Morgan fingerprint density at radius 2 is 1.62 bits per heavy atom. The van der Waals surface area contributed by atoms with Crippen molar-refractivity contribution in [3.63, 3.8) is 0 Å². The maximum atomic E-state index is 11.8. The topological polar surface area (TPSA) is 75.2 Å². The summed E-state index contributed by atoms with van der Waals surface area (Å²) in [5.41, 5.74) is -0.154. The largest absolute Gasteiger partial charge is 0.480 e. The second kappa shape index (κ2) is 5.38. The smallest absolute Gasteiger partial charge is 0.367 e. The first-order valence-corrected chi connectivity index (χ1v) is 6.45. The van der Waals surface area contributed by atoms with Crippen LogP contribution in [0.3, 0.4) is 0 Å². The third-order valence-corrected chi connectivity index (χ3v) is 3.14. The van der Waals surface area contributed by atoms with Gasteiger partial charge in [0.2, 0.25) is 0 Å². The highest BCUT2D eigenvalue weighted by molar-refractivity contribution is 6.30. The normalized spacial score (nSPS) is 11.3. The van der Waals surface area contributed by atoms with Crippen molar-refractivity contribution in [2.75, 3.05) is 0 Å². The molecule has 5 nitrogen and oxygen atoms in total. The van der Waals surface area contributed by atoms with Gasteiger partial charge in [-0.25, -0.2) is 4.79 Å². The molecular weight excluding hydrogens is 292 g/mol. The van der Waals surface area contributed by atoms with Crippen LogP contribution in [0.25, 0.3) is 10.8 Å². The second-order valence-corrected chi connectivity index (χ2v) is 4.70. The maximum Gasteiger partial charge on any atom is 0.367 e. The molecule has 3 rings (SSSR count). The Morgan fingerprint density at radius 1 is 0.952 bits per heavy atom. The quantitative estimate of drug-likeness (QED) is 0.704. The number of benzene rings is 2. The summed E-state index contributed by atoms with van der Waals surface area (Å²) in [5.74, 6) is -0.430. The number of hydrogen-bond donors (Lipinski definition) is 1. The Balaban J connectivity index is 2.12. The molecule has 1 heterocycles. The van der Waals surface area contributed by atoms with Crippen molar-refractivity contribution in [3.05, 3.63) is 64.0 Å². The van der Waals surface area contributed by atoms with Gasteiger partial charge in [0.15, 0.2) is 5.69 Å². The van der Waals surface area contributed by atoms with Gasteiger partial charge < -0.3 is 9.52 Å². The summed E-state index contributed by atoms with van der Waals surface area (Å²) in [5, 5.41) is 19.0. The van der Waals surface area contributed by atoms with E-state index in [9.17, 15) is 9.90 Å². The average Bonchev–Trinajstić information content (AvgIpc) is 2.49. The van der Waals surface area contributed by atoms with Gasteiger partial charge in [-0.1, -0.05) is 29.8 Å². The summed E-state index contributed by atoms with van der Waals surface area (Å²) in [6, 6.07) is 13.5. The van der Waals surface area contributed by atoms with Crippen LogP contribution >= 0.6 is 11.6 Å². The monoisotopic (exact) mass is 300 g/mol. The molecule has 0 saturated heterocycles. The first-order chi connectivity index (χ1) is 10.1. The molecule has 0 unspecified atom stereocenters. The molecule has 0 atom stereocenters. The Bertz CT molecular complexity index is 886. The highest BCUT2D eigenvalue weighted by Crippen LogP contribution is 2.30. The van der Waals surface area contributed by atoms with Crippen LogP contribution in [-0.4, -0.2) is 5.11 Å². The van der Waals surface area contributed by atoms with E-state index in [0.717, 1.165) is 0 Å². The van der Waals surface area contributed by atoms with E-state index < -0.39 is 11.6 Å². The zero-order chi connectivity index (χ0) is 14.8. The lowest BCUT2D eigenvalue weighted by Crippen LogP contribution is -1.98. The van der Waals surface area contributed by atoms with Crippen molar-refractivity contribution in [1.82, 2.24) is 0 Å². The highest BCUT2D eigenvalue weighted by Gasteiger charge is 2.11. The lowest BCUT2D eigenvalue weighted by atomic mass is 10.1. The van der Waals surface area contributed by atoms with E-state index in [1.807, 2.05) is 0 Å². The van der Waals surface area contributed by atoms with Gasteiger partial charge in [-0.3, -0.25) is 0 Å². The predicted molar refractivity (Wildman–Crippen MR) is 79.8 cm³/mol. The number of halogens is 1. The molecule has 0 amide bonds. The molecule has 0 spiro atoms. The van der Waals surface area contributed by atoms with E-state index in [-0.39, 0.29) is 5.69 Å². The molecule has 0 fully saturated rings. The molecule has 0 saturated carbocycles. The van der Waals surface area contributed by atoms with E-state index >= 15 is 0 Å². The molecule has 1 N–H and O–H groups in total. The lowest BCUT2D eigenvalue weighted by Gasteiger charge is -2.01. The van der Waals surface area contributed by atoms with Crippen molar-refractivity contribution in [2.24, 2.45) is 10.2 Å². The van der Waals surface area contributed by atoms with Crippen molar-refractivity contribution < 1.29 is 9.52 Å². The summed E-state index contributed by atoms with van der Waals surface area (Å²) in [6.45, 7) is 0. The van der Waals surface area contributed by atoms with Crippen LogP contribution in [0.15, 0.2) is 68.0 Å². The minimum absolute atomic E-state index is 0.0401. The summed E-state index contributed by atoms with van der Waals surface area (Å²) in [4.78, 5) is 11.8. The number of azo groups is 1. The van der Waals surface area contributed by atoms with Crippen LogP contribution in [0.4, 0.5) is 11.4 Å².